The number of rotatable bonds is 7. The van der Waals surface area contributed by atoms with Crippen molar-refractivity contribution in [3.05, 3.63) is 71.1 Å². The molecule has 2 heterocycles. The van der Waals surface area contributed by atoms with Crippen LogP contribution in [0.1, 0.15) is 0 Å². The summed E-state index contributed by atoms with van der Waals surface area (Å²) < 4.78 is 41.5. The van der Waals surface area contributed by atoms with E-state index in [0.717, 1.165) is 4.47 Å². The van der Waals surface area contributed by atoms with E-state index >= 15 is 0 Å². The third-order valence-electron chi connectivity index (χ3n) is 4.64. The van der Waals surface area contributed by atoms with Gasteiger partial charge in [-0.3, -0.25) is 0 Å². The van der Waals surface area contributed by atoms with Gasteiger partial charge >= 0.3 is 6.09 Å². The van der Waals surface area contributed by atoms with E-state index < -0.39 is 21.9 Å². The van der Waals surface area contributed by atoms with Gasteiger partial charge < -0.3 is 15.4 Å². The topological polar surface area (TPSA) is 149 Å². The molecule has 2 aromatic carbocycles. The SMILES string of the molecule is NS(=O)(=O)CCNC(=O)Oc1nc2nc(Nc3ccc(F)cc3)ncc2cc1-c1ccccc1Br. The number of benzene rings is 2. The predicted octanol–water partition coefficient (Wildman–Crippen LogP) is 3.71. The highest BCUT2D eigenvalue weighted by Crippen LogP contribution is 2.36. The quantitative estimate of drug-likeness (QED) is 0.309. The molecule has 2 aromatic heterocycles. The molecule has 0 unspecified atom stereocenters. The number of aromatic nitrogens is 3. The number of ether oxygens (including phenoxy) is 1. The van der Waals surface area contributed by atoms with Gasteiger partial charge in [0.1, 0.15) is 5.82 Å². The average Bonchev–Trinajstić information content (AvgIpc) is 2.80. The third-order valence-corrected chi connectivity index (χ3v) is 6.11. The molecule has 35 heavy (non-hydrogen) atoms. The number of anilines is 2. The molecule has 0 aliphatic carbocycles. The van der Waals surface area contributed by atoms with Crippen molar-refractivity contribution in [2.45, 2.75) is 0 Å². The summed E-state index contributed by atoms with van der Waals surface area (Å²) in [5, 5.41) is 10.8. The molecule has 0 aliphatic heterocycles. The molecule has 0 saturated carbocycles. The molecular weight excluding hydrogens is 543 g/mol. The molecule has 1 amide bonds. The number of pyridine rings is 1. The Balaban J connectivity index is 1.68. The van der Waals surface area contributed by atoms with E-state index in [9.17, 15) is 17.6 Å². The van der Waals surface area contributed by atoms with Crippen LogP contribution in [0.25, 0.3) is 22.2 Å². The Labute approximate surface area is 207 Å². The lowest BCUT2D eigenvalue weighted by Crippen LogP contribution is -2.33. The zero-order valence-corrected chi connectivity index (χ0v) is 20.3. The van der Waals surface area contributed by atoms with E-state index in [1.54, 1.807) is 12.3 Å². The van der Waals surface area contributed by atoms with Crippen LogP contribution < -0.4 is 20.5 Å². The van der Waals surface area contributed by atoms with Crippen LogP contribution in [0.5, 0.6) is 5.88 Å². The van der Waals surface area contributed by atoms with Crippen LogP contribution in [-0.2, 0) is 10.0 Å². The zero-order chi connectivity index (χ0) is 25.0. The maximum atomic E-state index is 13.2. The first-order chi connectivity index (χ1) is 16.7. The lowest BCUT2D eigenvalue weighted by molar-refractivity contribution is 0.199. The summed E-state index contributed by atoms with van der Waals surface area (Å²) in [5.74, 6) is -0.672. The fraction of sp³-hybridized carbons (Fsp3) is 0.0909. The molecule has 0 saturated heterocycles. The number of carbonyl (C=O) groups is 1. The first-order valence-corrected chi connectivity index (χ1v) is 12.6. The van der Waals surface area contributed by atoms with Crippen LogP contribution in [-0.4, -0.2) is 41.8 Å². The fourth-order valence-corrected chi connectivity index (χ4v) is 3.92. The maximum absolute atomic E-state index is 13.2. The number of carbonyl (C=O) groups excluding carboxylic acids is 1. The van der Waals surface area contributed by atoms with Crippen molar-refractivity contribution in [2.24, 2.45) is 5.14 Å². The molecule has 0 fully saturated rings. The summed E-state index contributed by atoms with van der Waals surface area (Å²) in [4.78, 5) is 25.4. The molecule has 13 heteroatoms. The minimum atomic E-state index is -3.75. The highest BCUT2D eigenvalue weighted by molar-refractivity contribution is 9.10. The van der Waals surface area contributed by atoms with Gasteiger partial charge in [-0.2, -0.15) is 9.97 Å². The van der Waals surface area contributed by atoms with Gasteiger partial charge in [0, 0.05) is 39.4 Å². The minimum absolute atomic E-state index is 0.0519. The van der Waals surface area contributed by atoms with Gasteiger partial charge in [0.2, 0.25) is 21.9 Å². The van der Waals surface area contributed by atoms with Gasteiger partial charge in [-0.1, -0.05) is 34.1 Å². The smallest absolute Gasteiger partial charge is 0.391 e. The van der Waals surface area contributed by atoms with E-state index in [4.69, 9.17) is 9.88 Å². The second-order valence-corrected chi connectivity index (χ2v) is 9.83. The number of nitrogens with two attached hydrogens (primary N) is 1. The van der Waals surface area contributed by atoms with E-state index in [1.807, 2.05) is 24.3 Å². The lowest BCUT2D eigenvalue weighted by atomic mass is 10.1. The average molecular weight is 561 g/mol. The monoisotopic (exact) mass is 560 g/mol. The van der Waals surface area contributed by atoms with E-state index in [1.165, 1.54) is 24.3 Å². The third kappa shape index (κ3) is 6.47. The van der Waals surface area contributed by atoms with E-state index in [-0.39, 0.29) is 29.8 Å². The lowest BCUT2D eigenvalue weighted by Gasteiger charge is -2.13. The molecular formula is C22H18BrFN6O4S. The number of nitrogens with zero attached hydrogens (tertiary/aromatic N) is 3. The number of fused-ring (bicyclic) bond motifs is 1. The molecule has 4 rings (SSSR count). The first kappa shape index (κ1) is 24.4. The van der Waals surface area contributed by atoms with Crippen LogP contribution in [0.15, 0.2) is 65.3 Å². The van der Waals surface area contributed by atoms with Crippen molar-refractivity contribution in [2.75, 3.05) is 17.6 Å². The van der Waals surface area contributed by atoms with E-state index in [0.29, 0.717) is 22.2 Å². The summed E-state index contributed by atoms with van der Waals surface area (Å²) in [5.41, 5.74) is 1.98. The summed E-state index contributed by atoms with van der Waals surface area (Å²) in [6.45, 7) is -0.233. The standard InChI is InChI=1S/C22H18BrFN6O4S/c23-18-4-2-1-3-16(18)17-11-13-12-27-21(28-15-7-5-14(24)6-8-15)30-19(13)29-20(17)34-22(31)26-9-10-35(25,32)33/h1-8,11-12H,9-10H2,(H,26,31)(H2,25,32,33)(H,27,28,29,30). The normalized spacial score (nSPS) is 11.3. The van der Waals surface area contributed by atoms with Crippen LogP contribution in [0.3, 0.4) is 0 Å². The first-order valence-electron chi connectivity index (χ1n) is 10.1. The Morgan fingerprint density at radius 3 is 2.54 bits per heavy atom. The van der Waals surface area contributed by atoms with Gasteiger partial charge in [0.15, 0.2) is 5.65 Å². The van der Waals surface area contributed by atoms with Crippen LogP contribution in [0.2, 0.25) is 0 Å². The molecule has 0 radical (unpaired) electrons. The van der Waals surface area contributed by atoms with Crippen molar-refractivity contribution in [3.8, 4) is 17.0 Å². The highest BCUT2D eigenvalue weighted by atomic mass is 79.9. The van der Waals surface area contributed by atoms with Gasteiger partial charge in [-0.25, -0.2) is 27.7 Å². The molecule has 0 bridgehead atoms. The van der Waals surface area contributed by atoms with Crippen molar-refractivity contribution in [3.63, 3.8) is 0 Å². The zero-order valence-electron chi connectivity index (χ0n) is 17.9. The Morgan fingerprint density at radius 2 is 1.83 bits per heavy atom. The van der Waals surface area contributed by atoms with Crippen LogP contribution in [0, 0.1) is 5.82 Å². The van der Waals surface area contributed by atoms with Crippen molar-refractivity contribution < 1.29 is 22.3 Å². The largest absolute Gasteiger partial charge is 0.413 e. The number of hydrogen-bond donors (Lipinski definition) is 3. The molecule has 10 nitrogen and oxygen atoms in total. The number of nitrogens with one attached hydrogen (secondary N) is 2. The summed E-state index contributed by atoms with van der Waals surface area (Å²) in [7, 11) is -3.75. The molecule has 0 aliphatic rings. The molecule has 4 N–H and O–H groups in total. The highest BCUT2D eigenvalue weighted by Gasteiger charge is 2.18. The summed E-state index contributed by atoms with van der Waals surface area (Å²) >= 11 is 3.48. The van der Waals surface area contributed by atoms with Gasteiger partial charge in [-0.05, 0) is 36.4 Å². The minimum Gasteiger partial charge on any atom is -0.391 e. The molecule has 4 aromatic rings. The van der Waals surface area contributed by atoms with Crippen LogP contribution >= 0.6 is 15.9 Å². The Hall–Kier alpha value is -3.68. The molecule has 180 valence electrons. The van der Waals surface area contributed by atoms with E-state index in [2.05, 4.69) is 41.5 Å². The number of primary sulfonamides is 1. The number of sulfonamides is 1. The Morgan fingerprint density at radius 1 is 1.09 bits per heavy atom. The number of amides is 1. The molecule has 0 spiro atoms. The Bertz CT molecular complexity index is 1500. The number of hydrogen-bond acceptors (Lipinski definition) is 8. The Kier molecular flexibility index (Phi) is 7.19. The summed E-state index contributed by atoms with van der Waals surface area (Å²) in [6, 6.07) is 14.7. The van der Waals surface area contributed by atoms with Crippen molar-refractivity contribution >= 4 is 54.7 Å². The summed E-state index contributed by atoms with van der Waals surface area (Å²) in [6.07, 6.45) is 0.643. The van der Waals surface area contributed by atoms with Gasteiger partial charge in [0.05, 0.1) is 5.75 Å². The van der Waals surface area contributed by atoms with Crippen LogP contribution in [0.4, 0.5) is 20.8 Å². The predicted molar refractivity (Wildman–Crippen MR) is 132 cm³/mol. The molecule has 0 atom stereocenters. The van der Waals surface area contributed by atoms with Crippen molar-refractivity contribution in [1.29, 1.82) is 0 Å². The second kappa shape index (κ2) is 10.3. The van der Waals surface area contributed by atoms with Crippen molar-refractivity contribution in [1.82, 2.24) is 20.3 Å². The fourth-order valence-electron chi connectivity index (χ4n) is 3.04. The van der Waals surface area contributed by atoms with Gasteiger partial charge in [-0.15, -0.1) is 0 Å². The number of halogens is 2. The van der Waals surface area contributed by atoms with Gasteiger partial charge in [0.25, 0.3) is 0 Å². The second-order valence-electron chi connectivity index (χ2n) is 7.24. The maximum Gasteiger partial charge on any atom is 0.413 e.